The lowest BCUT2D eigenvalue weighted by atomic mass is 9.99. The fourth-order valence-corrected chi connectivity index (χ4v) is 2.94. The van der Waals surface area contributed by atoms with E-state index in [4.69, 9.17) is 9.47 Å². The van der Waals surface area contributed by atoms with E-state index >= 15 is 0 Å². The highest BCUT2D eigenvalue weighted by Gasteiger charge is 2.44. The summed E-state index contributed by atoms with van der Waals surface area (Å²) in [7, 11) is 0. The molecule has 1 aliphatic rings. The number of pyridine rings is 1. The Kier molecular flexibility index (Phi) is 5.54. The number of ether oxygens (including phenoxy) is 2. The van der Waals surface area contributed by atoms with Crippen LogP contribution in [0.25, 0.3) is 5.65 Å². The predicted molar refractivity (Wildman–Crippen MR) is 89.9 cm³/mol. The van der Waals surface area contributed by atoms with Gasteiger partial charge in [-0.3, -0.25) is 9.20 Å². The Morgan fingerprint density at radius 3 is 2.73 bits per heavy atom. The molecule has 0 saturated carbocycles. The Labute approximate surface area is 149 Å². The molecule has 3 heterocycles. The first-order chi connectivity index (χ1) is 12.5. The highest BCUT2D eigenvalue weighted by atomic mass is 16.7. The van der Waals surface area contributed by atoms with Gasteiger partial charge in [0.15, 0.2) is 11.4 Å². The van der Waals surface area contributed by atoms with Crippen LogP contribution in [0.4, 0.5) is 0 Å². The second-order valence-corrected chi connectivity index (χ2v) is 6.22. The molecule has 0 bridgehead atoms. The van der Waals surface area contributed by atoms with Gasteiger partial charge in [0.05, 0.1) is 6.61 Å². The number of nitrogens with zero attached hydrogens (tertiary/aromatic N) is 2. The molecule has 4 N–H and O–H groups in total. The maximum absolute atomic E-state index is 12.5. The third-order valence-electron chi connectivity index (χ3n) is 4.38. The summed E-state index contributed by atoms with van der Waals surface area (Å²) >= 11 is 0. The van der Waals surface area contributed by atoms with Crippen LogP contribution in [0.5, 0.6) is 5.75 Å². The van der Waals surface area contributed by atoms with Crippen molar-refractivity contribution < 1.29 is 29.9 Å². The summed E-state index contributed by atoms with van der Waals surface area (Å²) in [6.07, 6.45) is -2.53. The molecule has 9 heteroatoms. The molecule has 0 radical (unpaired) electrons. The van der Waals surface area contributed by atoms with Crippen LogP contribution in [-0.2, 0) is 11.2 Å². The second-order valence-electron chi connectivity index (χ2n) is 6.22. The number of aryl methyl sites for hydroxylation is 1. The summed E-state index contributed by atoms with van der Waals surface area (Å²) in [6, 6.07) is 3.13. The average molecular weight is 366 g/mol. The third kappa shape index (κ3) is 3.31. The molecule has 142 valence electrons. The number of rotatable bonds is 5. The molecule has 3 unspecified atom stereocenters. The Balaban J connectivity index is 1.93. The van der Waals surface area contributed by atoms with Crippen molar-refractivity contribution in [3.63, 3.8) is 0 Å². The van der Waals surface area contributed by atoms with Crippen molar-refractivity contribution in [1.82, 2.24) is 9.38 Å². The van der Waals surface area contributed by atoms with Crippen molar-refractivity contribution in [2.45, 2.75) is 50.5 Å². The summed E-state index contributed by atoms with van der Waals surface area (Å²) in [5.41, 5.74) is 0.598. The summed E-state index contributed by atoms with van der Waals surface area (Å²) in [6.45, 7) is 1.41. The first kappa shape index (κ1) is 18.7. The molecule has 2 aromatic heterocycles. The first-order valence-electron chi connectivity index (χ1n) is 8.44. The van der Waals surface area contributed by atoms with Crippen LogP contribution < -0.4 is 10.3 Å². The van der Waals surface area contributed by atoms with Gasteiger partial charge in [0.25, 0.3) is 5.56 Å². The van der Waals surface area contributed by atoms with Crippen LogP contribution in [0.3, 0.4) is 0 Å². The van der Waals surface area contributed by atoms with Crippen molar-refractivity contribution in [2.75, 3.05) is 6.61 Å². The Morgan fingerprint density at radius 1 is 1.27 bits per heavy atom. The molecular weight excluding hydrogens is 344 g/mol. The molecule has 2 aromatic rings. The number of hydrogen-bond donors (Lipinski definition) is 4. The summed E-state index contributed by atoms with van der Waals surface area (Å²) in [5, 5.41) is 39.0. The van der Waals surface area contributed by atoms with Gasteiger partial charge in [-0.1, -0.05) is 13.3 Å². The average Bonchev–Trinajstić information content (AvgIpc) is 2.65. The van der Waals surface area contributed by atoms with Gasteiger partial charge in [0.1, 0.15) is 24.4 Å². The summed E-state index contributed by atoms with van der Waals surface area (Å²) in [4.78, 5) is 16.8. The SMILES string of the molecule is CCCc1cnc2c(O[C@@H]3OC(CO)C(O)[C@H](O)C3O)cccn2c1=O. The number of fused-ring (bicyclic) bond motifs is 1. The quantitative estimate of drug-likeness (QED) is 0.520. The van der Waals surface area contributed by atoms with Gasteiger partial charge in [-0.2, -0.15) is 0 Å². The van der Waals surface area contributed by atoms with Crippen LogP contribution in [0, 0.1) is 0 Å². The molecule has 0 spiro atoms. The fourth-order valence-electron chi connectivity index (χ4n) is 2.94. The molecule has 1 saturated heterocycles. The standard InChI is InChI=1S/C17H22N2O7/c1-2-4-9-7-18-15-10(5-3-6-19(15)16(9)24)25-17-14(23)13(22)12(21)11(8-20)26-17/h3,5-7,11-14,17,20-23H,2,4,8H2,1H3/t11?,12?,13-,14?,17+/m0/s1. The fraction of sp³-hybridized carbons (Fsp3) is 0.529. The molecule has 26 heavy (non-hydrogen) atoms. The minimum atomic E-state index is -1.55. The van der Waals surface area contributed by atoms with Crippen molar-refractivity contribution in [3.05, 3.63) is 40.4 Å². The minimum absolute atomic E-state index is 0.164. The van der Waals surface area contributed by atoms with Gasteiger partial charge in [-0.15, -0.1) is 0 Å². The topological polar surface area (TPSA) is 134 Å². The highest BCUT2D eigenvalue weighted by molar-refractivity contribution is 5.53. The largest absolute Gasteiger partial charge is 0.458 e. The molecule has 5 atom stereocenters. The van der Waals surface area contributed by atoms with Crippen LogP contribution in [0.2, 0.25) is 0 Å². The van der Waals surface area contributed by atoms with Gasteiger partial charge in [0, 0.05) is 18.0 Å². The molecule has 1 aliphatic heterocycles. The van der Waals surface area contributed by atoms with E-state index in [1.54, 1.807) is 18.3 Å². The van der Waals surface area contributed by atoms with Crippen LogP contribution in [0.15, 0.2) is 29.3 Å². The molecule has 1 fully saturated rings. The van der Waals surface area contributed by atoms with E-state index in [1.807, 2.05) is 6.92 Å². The Bertz CT molecular complexity index is 822. The lowest BCUT2D eigenvalue weighted by Crippen LogP contribution is -2.60. The Hall–Kier alpha value is -2.04. The monoisotopic (exact) mass is 366 g/mol. The Morgan fingerprint density at radius 2 is 2.04 bits per heavy atom. The first-order valence-corrected chi connectivity index (χ1v) is 8.44. The summed E-state index contributed by atoms with van der Waals surface area (Å²) in [5.74, 6) is 0.164. The smallest absolute Gasteiger partial charge is 0.261 e. The molecule has 0 aliphatic carbocycles. The van der Waals surface area contributed by atoms with Crippen molar-refractivity contribution >= 4 is 5.65 Å². The van der Waals surface area contributed by atoms with Gasteiger partial charge in [-0.05, 0) is 18.6 Å². The normalized spacial score (nSPS) is 29.0. The predicted octanol–water partition coefficient (Wildman–Crippen LogP) is -1.17. The molecule has 9 nitrogen and oxygen atoms in total. The number of aromatic nitrogens is 2. The number of aliphatic hydroxyl groups excluding tert-OH is 4. The van der Waals surface area contributed by atoms with Crippen molar-refractivity contribution in [2.24, 2.45) is 0 Å². The zero-order valence-corrected chi connectivity index (χ0v) is 14.2. The van der Waals surface area contributed by atoms with E-state index in [0.29, 0.717) is 12.0 Å². The van der Waals surface area contributed by atoms with E-state index in [-0.39, 0.29) is 17.0 Å². The summed E-state index contributed by atoms with van der Waals surface area (Å²) < 4.78 is 12.3. The van der Waals surface area contributed by atoms with Gasteiger partial charge < -0.3 is 29.9 Å². The number of aliphatic hydroxyl groups is 4. The van der Waals surface area contributed by atoms with Gasteiger partial charge in [0.2, 0.25) is 6.29 Å². The minimum Gasteiger partial charge on any atom is -0.458 e. The van der Waals surface area contributed by atoms with Gasteiger partial charge in [-0.25, -0.2) is 4.98 Å². The maximum Gasteiger partial charge on any atom is 0.261 e. The van der Waals surface area contributed by atoms with Crippen molar-refractivity contribution in [3.8, 4) is 5.75 Å². The van der Waals surface area contributed by atoms with Crippen LogP contribution >= 0.6 is 0 Å². The zero-order chi connectivity index (χ0) is 18.8. The lowest BCUT2D eigenvalue weighted by molar-refractivity contribution is -0.277. The van der Waals surface area contributed by atoms with Crippen LogP contribution in [-0.4, -0.2) is 67.1 Å². The second kappa shape index (κ2) is 7.68. The molecule has 0 aromatic carbocycles. The van der Waals surface area contributed by atoms with E-state index in [9.17, 15) is 25.2 Å². The van der Waals surface area contributed by atoms with Gasteiger partial charge >= 0.3 is 0 Å². The van der Waals surface area contributed by atoms with Crippen LogP contribution in [0.1, 0.15) is 18.9 Å². The van der Waals surface area contributed by atoms with E-state index < -0.39 is 37.3 Å². The molecule has 3 rings (SSSR count). The third-order valence-corrected chi connectivity index (χ3v) is 4.38. The highest BCUT2D eigenvalue weighted by Crippen LogP contribution is 2.25. The van der Waals surface area contributed by atoms with E-state index in [2.05, 4.69) is 4.98 Å². The van der Waals surface area contributed by atoms with Crippen molar-refractivity contribution in [1.29, 1.82) is 0 Å². The molecule has 0 amide bonds. The maximum atomic E-state index is 12.5. The lowest BCUT2D eigenvalue weighted by Gasteiger charge is -2.39. The number of hydrogen-bond acceptors (Lipinski definition) is 8. The van der Waals surface area contributed by atoms with E-state index in [0.717, 1.165) is 6.42 Å². The van der Waals surface area contributed by atoms with E-state index in [1.165, 1.54) is 10.6 Å². The molecular formula is C17H22N2O7. The zero-order valence-electron chi connectivity index (χ0n) is 14.2.